The van der Waals surface area contributed by atoms with Crippen LogP contribution in [0.4, 0.5) is 10.1 Å². The molecule has 0 saturated carbocycles. The van der Waals surface area contributed by atoms with Crippen LogP contribution in [0.3, 0.4) is 0 Å². The molecule has 0 aliphatic rings. The van der Waals surface area contributed by atoms with Crippen molar-refractivity contribution in [1.29, 1.82) is 0 Å². The van der Waals surface area contributed by atoms with Gasteiger partial charge in [0.1, 0.15) is 11.9 Å². The molecule has 25 heavy (non-hydrogen) atoms. The Balaban J connectivity index is 2.12. The van der Waals surface area contributed by atoms with Crippen LogP contribution in [-0.4, -0.2) is 17.9 Å². The summed E-state index contributed by atoms with van der Waals surface area (Å²) in [6, 6.07) is 10.1. The molecular weight excluding hydrogens is 343 g/mol. The van der Waals surface area contributed by atoms with E-state index in [1.807, 2.05) is 0 Å². The molecular formula is C19H20ClFN2O2. The van der Waals surface area contributed by atoms with Crippen LogP contribution in [0.2, 0.25) is 5.02 Å². The highest BCUT2D eigenvalue weighted by Gasteiger charge is 2.25. The van der Waals surface area contributed by atoms with Gasteiger partial charge >= 0.3 is 0 Å². The van der Waals surface area contributed by atoms with Crippen LogP contribution in [0, 0.1) is 18.7 Å². The maximum atomic E-state index is 13.9. The summed E-state index contributed by atoms with van der Waals surface area (Å²) >= 11 is 5.81. The number of rotatable bonds is 5. The van der Waals surface area contributed by atoms with Crippen LogP contribution in [0.15, 0.2) is 42.5 Å². The number of aryl methyl sites for hydroxylation is 1. The minimum Gasteiger partial charge on any atom is -0.340 e. The first kappa shape index (κ1) is 18.9. The fourth-order valence-corrected chi connectivity index (χ4v) is 2.42. The van der Waals surface area contributed by atoms with Gasteiger partial charge in [-0.15, -0.1) is 0 Å². The molecule has 132 valence electrons. The van der Waals surface area contributed by atoms with Gasteiger partial charge in [-0.1, -0.05) is 31.5 Å². The van der Waals surface area contributed by atoms with E-state index in [0.717, 1.165) is 5.56 Å². The highest BCUT2D eigenvalue weighted by atomic mass is 35.5. The first-order valence-electron chi connectivity index (χ1n) is 7.91. The van der Waals surface area contributed by atoms with Gasteiger partial charge in [0.05, 0.1) is 5.69 Å². The Hall–Kier alpha value is -2.40. The van der Waals surface area contributed by atoms with Gasteiger partial charge in [-0.3, -0.25) is 9.59 Å². The zero-order chi connectivity index (χ0) is 18.6. The smallest absolute Gasteiger partial charge is 0.251 e. The molecule has 0 aliphatic heterocycles. The summed E-state index contributed by atoms with van der Waals surface area (Å²) in [5.41, 5.74) is 1.23. The Kier molecular flexibility index (Phi) is 6.15. The molecule has 2 aromatic carbocycles. The monoisotopic (exact) mass is 362 g/mol. The fourth-order valence-electron chi connectivity index (χ4n) is 2.29. The molecule has 2 aromatic rings. The first-order chi connectivity index (χ1) is 11.8. The van der Waals surface area contributed by atoms with Crippen molar-refractivity contribution in [2.24, 2.45) is 5.92 Å². The third kappa shape index (κ3) is 5.03. The Bertz CT molecular complexity index is 775. The Morgan fingerprint density at radius 2 is 1.72 bits per heavy atom. The minimum absolute atomic E-state index is 0.0852. The number of carbonyl (C=O) groups is 2. The second kappa shape index (κ2) is 8.12. The van der Waals surface area contributed by atoms with E-state index in [4.69, 9.17) is 11.6 Å². The first-order valence-corrected chi connectivity index (χ1v) is 8.29. The maximum absolute atomic E-state index is 13.9. The second-order valence-corrected chi connectivity index (χ2v) is 6.61. The SMILES string of the molecule is Cc1ccc(NC(=O)[C@@H](NC(=O)c2ccc(Cl)cc2)C(C)C)c(F)c1. The third-order valence-corrected chi connectivity index (χ3v) is 3.98. The van der Waals surface area contributed by atoms with E-state index in [9.17, 15) is 14.0 Å². The standard InChI is InChI=1S/C19H20ClFN2O2/c1-11(2)17(23-18(24)13-5-7-14(20)8-6-13)19(25)22-16-9-4-12(3)10-15(16)21/h4-11,17H,1-3H3,(H,22,25)(H,23,24)/t17-/m0/s1. The molecule has 0 aliphatic carbocycles. The lowest BCUT2D eigenvalue weighted by Gasteiger charge is -2.22. The van der Waals surface area contributed by atoms with Crippen molar-refractivity contribution in [3.8, 4) is 0 Å². The number of halogens is 2. The summed E-state index contributed by atoms with van der Waals surface area (Å²) < 4.78 is 13.9. The van der Waals surface area contributed by atoms with Gasteiger partial charge in [-0.25, -0.2) is 4.39 Å². The summed E-state index contributed by atoms with van der Waals surface area (Å²) in [7, 11) is 0. The minimum atomic E-state index is -0.802. The number of amides is 2. The van der Waals surface area contributed by atoms with Crippen molar-refractivity contribution >= 4 is 29.1 Å². The van der Waals surface area contributed by atoms with E-state index in [1.165, 1.54) is 12.1 Å². The highest BCUT2D eigenvalue weighted by molar-refractivity contribution is 6.30. The van der Waals surface area contributed by atoms with E-state index in [-0.39, 0.29) is 11.6 Å². The van der Waals surface area contributed by atoms with Crippen molar-refractivity contribution in [3.63, 3.8) is 0 Å². The largest absolute Gasteiger partial charge is 0.340 e. The van der Waals surface area contributed by atoms with Crippen LogP contribution >= 0.6 is 11.6 Å². The zero-order valence-electron chi connectivity index (χ0n) is 14.3. The van der Waals surface area contributed by atoms with Crippen LogP contribution in [-0.2, 0) is 4.79 Å². The van der Waals surface area contributed by atoms with Gasteiger partial charge < -0.3 is 10.6 Å². The lowest BCUT2D eigenvalue weighted by Crippen LogP contribution is -2.47. The highest BCUT2D eigenvalue weighted by Crippen LogP contribution is 2.17. The van der Waals surface area contributed by atoms with Gasteiger partial charge in [0, 0.05) is 10.6 Å². The van der Waals surface area contributed by atoms with E-state index in [0.29, 0.717) is 10.6 Å². The van der Waals surface area contributed by atoms with Crippen molar-refractivity contribution < 1.29 is 14.0 Å². The molecule has 0 saturated heterocycles. The predicted molar refractivity (Wildman–Crippen MR) is 97.3 cm³/mol. The number of nitrogens with one attached hydrogen (secondary N) is 2. The maximum Gasteiger partial charge on any atom is 0.251 e. The summed E-state index contributed by atoms with van der Waals surface area (Å²) in [5.74, 6) is -1.56. The van der Waals surface area contributed by atoms with Gasteiger partial charge in [-0.05, 0) is 54.8 Å². The van der Waals surface area contributed by atoms with Gasteiger partial charge in [-0.2, -0.15) is 0 Å². The van der Waals surface area contributed by atoms with Crippen LogP contribution in [0.5, 0.6) is 0 Å². The van der Waals surface area contributed by atoms with E-state index >= 15 is 0 Å². The lowest BCUT2D eigenvalue weighted by molar-refractivity contribution is -0.118. The number of hydrogen-bond donors (Lipinski definition) is 2. The molecule has 0 spiro atoms. The molecule has 0 unspecified atom stereocenters. The predicted octanol–water partition coefficient (Wildman–Crippen LogP) is 4.18. The average Bonchev–Trinajstić information content (AvgIpc) is 2.55. The molecule has 1 atom stereocenters. The third-order valence-electron chi connectivity index (χ3n) is 3.72. The van der Waals surface area contributed by atoms with Crippen molar-refractivity contribution in [1.82, 2.24) is 5.32 Å². The Morgan fingerprint density at radius 3 is 2.28 bits per heavy atom. The van der Waals surface area contributed by atoms with E-state index in [2.05, 4.69) is 10.6 Å². The molecule has 4 nitrogen and oxygen atoms in total. The quantitative estimate of drug-likeness (QED) is 0.838. The van der Waals surface area contributed by atoms with Crippen molar-refractivity contribution in [2.45, 2.75) is 26.8 Å². The summed E-state index contributed by atoms with van der Waals surface area (Å²) in [4.78, 5) is 24.8. The van der Waals surface area contributed by atoms with E-state index < -0.39 is 23.7 Å². The Labute approximate surface area is 151 Å². The number of carbonyl (C=O) groups excluding carboxylic acids is 2. The molecule has 0 bridgehead atoms. The van der Waals surface area contributed by atoms with Gasteiger partial charge in [0.2, 0.25) is 5.91 Å². The number of hydrogen-bond acceptors (Lipinski definition) is 2. The number of benzene rings is 2. The molecule has 6 heteroatoms. The average molecular weight is 363 g/mol. The Morgan fingerprint density at radius 1 is 1.08 bits per heavy atom. The molecule has 2 N–H and O–H groups in total. The van der Waals surface area contributed by atoms with Crippen LogP contribution in [0.1, 0.15) is 29.8 Å². The topological polar surface area (TPSA) is 58.2 Å². The molecule has 0 heterocycles. The molecule has 0 fully saturated rings. The molecule has 2 amide bonds. The van der Waals surface area contributed by atoms with Gasteiger partial charge in [0.25, 0.3) is 5.91 Å². The lowest BCUT2D eigenvalue weighted by atomic mass is 10.0. The number of anilines is 1. The molecule has 0 aromatic heterocycles. The normalized spacial score (nSPS) is 11.9. The van der Waals surface area contributed by atoms with Crippen LogP contribution < -0.4 is 10.6 Å². The van der Waals surface area contributed by atoms with Crippen molar-refractivity contribution in [2.75, 3.05) is 5.32 Å². The summed E-state index contributed by atoms with van der Waals surface area (Å²) in [6.07, 6.45) is 0. The molecule has 0 radical (unpaired) electrons. The summed E-state index contributed by atoms with van der Waals surface area (Å²) in [5, 5.41) is 5.74. The second-order valence-electron chi connectivity index (χ2n) is 6.17. The van der Waals surface area contributed by atoms with Gasteiger partial charge in [0.15, 0.2) is 0 Å². The fraction of sp³-hybridized carbons (Fsp3) is 0.263. The van der Waals surface area contributed by atoms with Crippen LogP contribution in [0.25, 0.3) is 0 Å². The van der Waals surface area contributed by atoms with E-state index in [1.54, 1.807) is 51.1 Å². The molecule has 2 rings (SSSR count). The summed E-state index contributed by atoms with van der Waals surface area (Å²) in [6.45, 7) is 5.37. The van der Waals surface area contributed by atoms with Crippen molar-refractivity contribution in [3.05, 3.63) is 64.4 Å². The zero-order valence-corrected chi connectivity index (χ0v) is 15.0.